The van der Waals surface area contributed by atoms with Crippen LogP contribution in [0.25, 0.3) is 0 Å². The van der Waals surface area contributed by atoms with E-state index in [1.165, 1.54) is 6.07 Å². The van der Waals surface area contributed by atoms with Gasteiger partial charge in [0.2, 0.25) is 9.05 Å². The molecule has 0 aliphatic rings. The number of rotatable bonds is 6. The van der Waals surface area contributed by atoms with Crippen molar-refractivity contribution in [3.05, 3.63) is 33.9 Å². The summed E-state index contributed by atoms with van der Waals surface area (Å²) >= 11 is 0. The van der Waals surface area contributed by atoms with Crippen LogP contribution in [0.3, 0.4) is 0 Å². The molecule has 0 fully saturated rings. The van der Waals surface area contributed by atoms with Gasteiger partial charge in [-0.25, -0.2) is 8.42 Å². The minimum absolute atomic E-state index is 0.00322. The Hall–Kier alpha value is -1.34. The predicted molar refractivity (Wildman–Crippen MR) is 76.7 cm³/mol. The highest BCUT2D eigenvalue weighted by Gasteiger charge is 2.27. The van der Waals surface area contributed by atoms with Gasteiger partial charge in [-0.05, 0) is 13.0 Å². The van der Waals surface area contributed by atoms with Crippen molar-refractivity contribution in [2.24, 2.45) is 5.41 Å². The van der Waals surface area contributed by atoms with Crippen molar-refractivity contribution in [1.82, 2.24) is 0 Å². The third-order valence-corrected chi connectivity index (χ3v) is 4.02. The Morgan fingerprint density at radius 2 is 2.00 bits per heavy atom. The van der Waals surface area contributed by atoms with Crippen LogP contribution in [-0.2, 0) is 9.05 Å². The smallest absolute Gasteiger partial charge is 0.313 e. The van der Waals surface area contributed by atoms with Crippen LogP contribution in [0.5, 0.6) is 5.75 Å². The third kappa shape index (κ3) is 4.97. The number of nitro benzene ring substituents is 1. The van der Waals surface area contributed by atoms with Gasteiger partial charge in [-0.1, -0.05) is 26.0 Å². The van der Waals surface area contributed by atoms with Crippen LogP contribution in [0.4, 0.5) is 5.69 Å². The van der Waals surface area contributed by atoms with Gasteiger partial charge < -0.3 is 4.74 Å². The fourth-order valence-electron chi connectivity index (χ4n) is 1.76. The van der Waals surface area contributed by atoms with Gasteiger partial charge in [-0.2, -0.15) is 0 Å². The minimum Gasteiger partial charge on any atom is -0.486 e. The van der Waals surface area contributed by atoms with Gasteiger partial charge in [0.1, 0.15) is 0 Å². The molecule has 20 heavy (non-hydrogen) atoms. The van der Waals surface area contributed by atoms with Gasteiger partial charge in [0, 0.05) is 21.7 Å². The van der Waals surface area contributed by atoms with Gasteiger partial charge >= 0.3 is 5.69 Å². The van der Waals surface area contributed by atoms with Gasteiger partial charge in [-0.15, -0.1) is 0 Å². The number of halogens is 1. The van der Waals surface area contributed by atoms with Crippen LogP contribution < -0.4 is 4.74 Å². The molecule has 112 valence electrons. The van der Waals surface area contributed by atoms with E-state index in [0.29, 0.717) is 5.56 Å². The van der Waals surface area contributed by atoms with Gasteiger partial charge in [0.25, 0.3) is 0 Å². The molecular formula is C12H16ClNO5S. The molecule has 0 aliphatic carbocycles. The number of aryl methyl sites for hydroxylation is 1. The van der Waals surface area contributed by atoms with Crippen LogP contribution >= 0.6 is 10.7 Å². The fraction of sp³-hybridized carbons (Fsp3) is 0.500. The van der Waals surface area contributed by atoms with Crippen molar-refractivity contribution < 1.29 is 18.1 Å². The Morgan fingerprint density at radius 3 is 2.50 bits per heavy atom. The van der Waals surface area contributed by atoms with Crippen molar-refractivity contribution in [3.63, 3.8) is 0 Å². The molecule has 0 saturated heterocycles. The average molecular weight is 322 g/mol. The molecular weight excluding hydrogens is 306 g/mol. The van der Waals surface area contributed by atoms with Crippen molar-refractivity contribution in [1.29, 1.82) is 0 Å². The fourth-order valence-corrected chi connectivity index (χ4v) is 3.67. The normalized spacial score (nSPS) is 12.2. The second-order valence-electron chi connectivity index (χ2n) is 5.31. The first kappa shape index (κ1) is 16.7. The zero-order chi connectivity index (χ0) is 15.6. The van der Waals surface area contributed by atoms with Crippen molar-refractivity contribution in [2.45, 2.75) is 20.8 Å². The number of hydrogen-bond donors (Lipinski definition) is 0. The van der Waals surface area contributed by atoms with E-state index in [9.17, 15) is 18.5 Å². The maximum absolute atomic E-state index is 11.1. The summed E-state index contributed by atoms with van der Waals surface area (Å²) in [4.78, 5) is 10.5. The van der Waals surface area contributed by atoms with Crippen LogP contribution in [0, 0.1) is 22.5 Å². The van der Waals surface area contributed by atoms with Crippen LogP contribution in [0.1, 0.15) is 19.4 Å². The lowest BCUT2D eigenvalue weighted by Crippen LogP contribution is -2.28. The molecule has 8 heteroatoms. The van der Waals surface area contributed by atoms with E-state index in [0.717, 1.165) is 0 Å². The Balaban J connectivity index is 2.91. The standard InChI is InChI=1S/C12H16ClNO5S/c1-9-5-4-6-10(11(9)14(15)16)19-7-12(2,3)8-20(13,17)18/h4-6H,7-8H2,1-3H3. The number of hydrogen-bond acceptors (Lipinski definition) is 5. The molecule has 1 aromatic rings. The predicted octanol–water partition coefficient (Wildman–Crippen LogP) is 2.88. The van der Waals surface area contributed by atoms with E-state index >= 15 is 0 Å². The Bertz CT molecular complexity index is 612. The molecule has 0 unspecified atom stereocenters. The van der Waals surface area contributed by atoms with E-state index in [4.69, 9.17) is 15.4 Å². The highest BCUT2D eigenvalue weighted by molar-refractivity contribution is 8.13. The molecule has 1 rings (SSSR count). The number of nitro groups is 1. The second-order valence-corrected chi connectivity index (χ2v) is 8.09. The van der Waals surface area contributed by atoms with Crippen molar-refractivity contribution >= 4 is 25.4 Å². The number of para-hydroxylation sites is 1. The zero-order valence-corrected chi connectivity index (χ0v) is 13.0. The Labute approximate surface area is 122 Å². The monoisotopic (exact) mass is 321 g/mol. The summed E-state index contributed by atoms with van der Waals surface area (Å²) in [5.41, 5.74) is -0.384. The maximum Gasteiger partial charge on any atom is 0.313 e. The quantitative estimate of drug-likeness (QED) is 0.457. The molecule has 0 heterocycles. The molecule has 0 radical (unpaired) electrons. The lowest BCUT2D eigenvalue weighted by atomic mass is 9.98. The minimum atomic E-state index is -3.66. The molecule has 0 atom stereocenters. The zero-order valence-electron chi connectivity index (χ0n) is 11.4. The first-order valence-electron chi connectivity index (χ1n) is 5.81. The summed E-state index contributed by atoms with van der Waals surface area (Å²) in [5, 5.41) is 11.0. The Morgan fingerprint density at radius 1 is 1.40 bits per heavy atom. The maximum atomic E-state index is 11.1. The average Bonchev–Trinajstić information content (AvgIpc) is 2.22. The van der Waals surface area contributed by atoms with Crippen LogP contribution in [0.2, 0.25) is 0 Å². The number of nitrogens with zero attached hydrogens (tertiary/aromatic N) is 1. The summed E-state index contributed by atoms with van der Waals surface area (Å²) in [6, 6.07) is 4.73. The number of benzene rings is 1. The lowest BCUT2D eigenvalue weighted by Gasteiger charge is -2.23. The molecule has 0 aromatic heterocycles. The largest absolute Gasteiger partial charge is 0.486 e. The van der Waals surface area contributed by atoms with Crippen LogP contribution in [0.15, 0.2) is 18.2 Å². The summed E-state index contributed by atoms with van der Waals surface area (Å²) < 4.78 is 27.6. The molecule has 0 amide bonds. The van der Waals surface area contributed by atoms with E-state index in [-0.39, 0.29) is 23.8 Å². The molecule has 0 N–H and O–H groups in total. The highest BCUT2D eigenvalue weighted by Crippen LogP contribution is 2.32. The summed E-state index contributed by atoms with van der Waals surface area (Å²) in [6.07, 6.45) is 0. The van der Waals surface area contributed by atoms with Gasteiger partial charge in [-0.3, -0.25) is 10.1 Å². The highest BCUT2D eigenvalue weighted by atomic mass is 35.7. The number of ether oxygens (including phenoxy) is 1. The Kier molecular flexibility index (Phi) is 4.99. The molecule has 0 aliphatic heterocycles. The third-order valence-electron chi connectivity index (χ3n) is 2.56. The lowest BCUT2D eigenvalue weighted by molar-refractivity contribution is -0.386. The summed E-state index contributed by atoms with van der Waals surface area (Å²) in [5.74, 6) is -0.156. The molecule has 0 saturated carbocycles. The van der Waals surface area contributed by atoms with Crippen LogP contribution in [-0.4, -0.2) is 25.7 Å². The van der Waals surface area contributed by atoms with Gasteiger partial charge in [0.15, 0.2) is 5.75 Å². The summed E-state index contributed by atoms with van der Waals surface area (Å²) in [7, 11) is 1.55. The van der Waals surface area contributed by atoms with Gasteiger partial charge in [0.05, 0.1) is 17.3 Å². The van der Waals surface area contributed by atoms with E-state index < -0.39 is 19.4 Å². The van der Waals surface area contributed by atoms with Crippen molar-refractivity contribution in [2.75, 3.05) is 12.4 Å². The first-order chi connectivity index (χ1) is 9.02. The molecule has 0 bridgehead atoms. The van der Waals surface area contributed by atoms with E-state index in [2.05, 4.69) is 0 Å². The van der Waals surface area contributed by atoms with Crippen molar-refractivity contribution in [3.8, 4) is 5.75 Å². The first-order valence-corrected chi connectivity index (χ1v) is 8.29. The topological polar surface area (TPSA) is 86.5 Å². The second kappa shape index (κ2) is 5.97. The summed E-state index contributed by atoms with van der Waals surface area (Å²) in [6.45, 7) is 4.94. The molecule has 6 nitrogen and oxygen atoms in total. The van der Waals surface area contributed by atoms with E-state index in [1.807, 2.05) is 0 Å². The molecule has 1 aromatic carbocycles. The SMILES string of the molecule is Cc1cccc(OCC(C)(C)CS(=O)(=O)Cl)c1[N+](=O)[O-]. The molecule has 0 spiro atoms. The van der Waals surface area contributed by atoms with E-state index in [1.54, 1.807) is 32.9 Å².